The molecule has 0 aliphatic heterocycles. The third kappa shape index (κ3) is 8.93. The molecule has 0 spiro atoms. The van der Waals surface area contributed by atoms with Crippen molar-refractivity contribution in [2.45, 2.75) is 65.6 Å². The Kier molecular flexibility index (Phi) is 11.7. The van der Waals surface area contributed by atoms with Gasteiger partial charge in [0.1, 0.15) is 11.8 Å². The number of hydrogen-bond donors (Lipinski definition) is 1. The number of amides is 2. The summed E-state index contributed by atoms with van der Waals surface area (Å²) < 4.78 is 32.1. The summed E-state index contributed by atoms with van der Waals surface area (Å²) in [6.45, 7) is 8.06. The van der Waals surface area contributed by atoms with Crippen molar-refractivity contribution in [1.82, 2.24) is 10.2 Å². The van der Waals surface area contributed by atoms with Crippen molar-refractivity contribution in [2.75, 3.05) is 23.7 Å². The second kappa shape index (κ2) is 14.2. The van der Waals surface area contributed by atoms with Gasteiger partial charge in [-0.15, -0.1) is 0 Å². The van der Waals surface area contributed by atoms with Gasteiger partial charge in [-0.3, -0.25) is 13.9 Å². The molecule has 2 aromatic rings. The van der Waals surface area contributed by atoms with E-state index in [9.17, 15) is 18.0 Å². The average Bonchev–Trinajstić information content (AvgIpc) is 2.82. The summed E-state index contributed by atoms with van der Waals surface area (Å²) in [5, 5.41) is 3.41. The first-order valence-corrected chi connectivity index (χ1v) is 14.7. The van der Waals surface area contributed by atoms with E-state index in [1.165, 1.54) is 9.21 Å². The van der Waals surface area contributed by atoms with E-state index >= 15 is 0 Å². The molecule has 0 saturated heterocycles. The lowest BCUT2D eigenvalue weighted by molar-refractivity contribution is -0.141. The van der Waals surface area contributed by atoms with Crippen molar-refractivity contribution in [3.8, 4) is 5.75 Å². The molecule has 0 saturated carbocycles. The first-order chi connectivity index (χ1) is 17.5. The Labute approximate surface area is 226 Å². The molecule has 1 N–H and O–H groups in total. The van der Waals surface area contributed by atoms with E-state index in [2.05, 4.69) is 5.32 Å². The maximum Gasteiger partial charge on any atom is 0.243 e. The highest BCUT2D eigenvalue weighted by Gasteiger charge is 2.30. The maximum absolute atomic E-state index is 13.5. The highest BCUT2D eigenvalue weighted by molar-refractivity contribution is 7.92. The number of halogens is 1. The van der Waals surface area contributed by atoms with Crippen molar-refractivity contribution in [1.29, 1.82) is 0 Å². The molecule has 0 aromatic heterocycles. The normalized spacial score (nSPS) is 12.2. The van der Waals surface area contributed by atoms with Gasteiger partial charge in [-0.1, -0.05) is 48.9 Å². The SMILES string of the molecule is CCOc1ccccc1N(CCCC(=O)N(Cc1ccccc1Cl)[C@@H](CC)C(=O)NC(C)C)S(C)(=O)=O. The summed E-state index contributed by atoms with van der Waals surface area (Å²) in [6, 6.07) is 13.4. The second-order valence-electron chi connectivity index (χ2n) is 9.04. The Bertz CT molecular complexity index is 1160. The summed E-state index contributed by atoms with van der Waals surface area (Å²) >= 11 is 6.37. The van der Waals surface area contributed by atoms with Crippen LogP contribution in [-0.4, -0.2) is 56.6 Å². The number of nitrogens with one attached hydrogen (secondary N) is 1. The summed E-state index contributed by atoms with van der Waals surface area (Å²) in [7, 11) is -3.63. The number of benzene rings is 2. The molecule has 0 aliphatic carbocycles. The van der Waals surface area contributed by atoms with Gasteiger partial charge < -0.3 is 15.0 Å². The van der Waals surface area contributed by atoms with Crippen LogP contribution in [0.3, 0.4) is 0 Å². The molecule has 37 heavy (non-hydrogen) atoms. The van der Waals surface area contributed by atoms with Crippen LogP contribution in [0.5, 0.6) is 5.75 Å². The van der Waals surface area contributed by atoms with Gasteiger partial charge in [-0.05, 0) is 57.4 Å². The molecule has 1 atom stereocenters. The van der Waals surface area contributed by atoms with Gasteiger partial charge in [0, 0.05) is 30.6 Å². The summed E-state index contributed by atoms with van der Waals surface area (Å²) in [5.74, 6) is -0.0305. The number of sulfonamides is 1. The molecule has 204 valence electrons. The highest BCUT2D eigenvalue weighted by Crippen LogP contribution is 2.30. The molecule has 0 bridgehead atoms. The van der Waals surface area contributed by atoms with Gasteiger partial charge in [0.05, 0.1) is 18.6 Å². The van der Waals surface area contributed by atoms with Crippen molar-refractivity contribution in [2.24, 2.45) is 0 Å². The number of hydrogen-bond acceptors (Lipinski definition) is 5. The second-order valence-corrected chi connectivity index (χ2v) is 11.4. The molecule has 0 fully saturated rings. The largest absolute Gasteiger partial charge is 0.492 e. The Morgan fingerprint density at radius 1 is 1.05 bits per heavy atom. The number of anilines is 1. The van der Waals surface area contributed by atoms with E-state index in [0.29, 0.717) is 29.5 Å². The monoisotopic (exact) mass is 551 g/mol. The fraction of sp³-hybridized carbons (Fsp3) is 0.481. The number of rotatable bonds is 14. The zero-order chi connectivity index (χ0) is 27.6. The number of para-hydroxylation sites is 2. The Morgan fingerprint density at radius 2 is 1.70 bits per heavy atom. The van der Waals surface area contributed by atoms with E-state index < -0.39 is 16.1 Å². The number of carbonyl (C=O) groups excluding carboxylic acids is 2. The van der Waals surface area contributed by atoms with Crippen molar-refractivity contribution < 1.29 is 22.7 Å². The van der Waals surface area contributed by atoms with Gasteiger partial charge in [-0.25, -0.2) is 8.42 Å². The predicted molar refractivity (Wildman–Crippen MR) is 148 cm³/mol. The van der Waals surface area contributed by atoms with Crippen LogP contribution >= 0.6 is 11.6 Å². The van der Waals surface area contributed by atoms with E-state index in [1.54, 1.807) is 36.4 Å². The fourth-order valence-corrected chi connectivity index (χ4v) is 5.20. The fourth-order valence-electron chi connectivity index (χ4n) is 4.03. The predicted octanol–water partition coefficient (Wildman–Crippen LogP) is 4.62. The quantitative estimate of drug-likeness (QED) is 0.370. The standard InChI is InChI=1S/C27H38ClN3O5S/c1-6-23(27(33)29-20(3)4)30(19-21-13-8-9-14-22(21)28)26(32)17-12-18-31(37(5,34)35)24-15-10-11-16-25(24)36-7-2/h8-11,13-16,20,23H,6-7,12,17-19H2,1-5H3,(H,29,33)/t23-/m0/s1. The average molecular weight is 552 g/mol. The number of nitrogens with zero attached hydrogens (tertiary/aromatic N) is 2. The lowest BCUT2D eigenvalue weighted by atomic mass is 10.1. The molecular weight excluding hydrogens is 514 g/mol. The summed E-state index contributed by atoms with van der Waals surface area (Å²) in [4.78, 5) is 28.0. The number of carbonyl (C=O) groups is 2. The molecule has 2 aromatic carbocycles. The Morgan fingerprint density at radius 3 is 2.30 bits per heavy atom. The first kappa shape index (κ1) is 30.4. The molecule has 2 amide bonds. The van der Waals surface area contributed by atoms with Gasteiger partial charge in [0.15, 0.2) is 0 Å². The molecule has 2 rings (SSSR count). The van der Waals surface area contributed by atoms with Gasteiger partial charge in [-0.2, -0.15) is 0 Å². The summed E-state index contributed by atoms with van der Waals surface area (Å²) in [5.41, 5.74) is 1.16. The van der Waals surface area contributed by atoms with Crippen molar-refractivity contribution in [3.63, 3.8) is 0 Å². The van der Waals surface area contributed by atoms with Crippen LogP contribution in [0.25, 0.3) is 0 Å². The van der Waals surface area contributed by atoms with E-state index in [-0.39, 0.29) is 43.8 Å². The van der Waals surface area contributed by atoms with Gasteiger partial charge in [0.25, 0.3) is 0 Å². The molecule has 10 heteroatoms. The molecule has 0 aliphatic rings. The van der Waals surface area contributed by atoms with E-state index in [0.717, 1.165) is 11.8 Å². The molecule has 0 radical (unpaired) electrons. The van der Waals surface area contributed by atoms with Gasteiger partial charge in [0.2, 0.25) is 21.8 Å². The maximum atomic E-state index is 13.5. The van der Waals surface area contributed by atoms with Crippen LogP contribution in [0.2, 0.25) is 5.02 Å². The minimum absolute atomic E-state index is 0.0543. The third-order valence-electron chi connectivity index (χ3n) is 5.70. The van der Waals surface area contributed by atoms with Crippen LogP contribution in [0.1, 0.15) is 52.5 Å². The van der Waals surface area contributed by atoms with Crippen molar-refractivity contribution in [3.05, 3.63) is 59.1 Å². The summed E-state index contributed by atoms with van der Waals surface area (Å²) in [6.07, 6.45) is 1.86. The van der Waals surface area contributed by atoms with E-state index in [4.69, 9.17) is 16.3 Å². The van der Waals surface area contributed by atoms with Crippen LogP contribution in [0.4, 0.5) is 5.69 Å². The minimum Gasteiger partial charge on any atom is -0.492 e. The van der Waals surface area contributed by atoms with Crippen LogP contribution in [-0.2, 0) is 26.2 Å². The third-order valence-corrected chi connectivity index (χ3v) is 7.25. The van der Waals surface area contributed by atoms with Crippen molar-refractivity contribution >= 4 is 39.1 Å². The Hall–Kier alpha value is -2.78. The molecule has 0 unspecified atom stereocenters. The smallest absolute Gasteiger partial charge is 0.243 e. The minimum atomic E-state index is -3.63. The molecular formula is C27H38ClN3O5S. The van der Waals surface area contributed by atoms with Crippen LogP contribution in [0.15, 0.2) is 48.5 Å². The van der Waals surface area contributed by atoms with Crippen LogP contribution < -0.4 is 14.4 Å². The zero-order valence-electron chi connectivity index (χ0n) is 22.2. The highest BCUT2D eigenvalue weighted by atomic mass is 35.5. The van der Waals surface area contributed by atoms with E-state index in [1.807, 2.05) is 39.8 Å². The Balaban J connectivity index is 2.26. The topological polar surface area (TPSA) is 96.0 Å². The molecule has 0 heterocycles. The van der Waals surface area contributed by atoms with Crippen LogP contribution in [0, 0.1) is 0 Å². The molecule has 8 nitrogen and oxygen atoms in total. The first-order valence-electron chi connectivity index (χ1n) is 12.5. The lowest BCUT2D eigenvalue weighted by Crippen LogP contribution is -2.50. The van der Waals surface area contributed by atoms with Gasteiger partial charge >= 0.3 is 0 Å². The zero-order valence-corrected chi connectivity index (χ0v) is 23.8. The lowest BCUT2D eigenvalue weighted by Gasteiger charge is -2.32. The number of ether oxygens (including phenoxy) is 1.